The van der Waals surface area contributed by atoms with E-state index < -0.39 is 29.7 Å². The Hall–Kier alpha value is -2.67. The van der Waals surface area contributed by atoms with Crippen molar-refractivity contribution >= 4 is 5.91 Å². The summed E-state index contributed by atoms with van der Waals surface area (Å²) in [4.78, 5) is 14.3. The first-order valence-corrected chi connectivity index (χ1v) is 9.69. The van der Waals surface area contributed by atoms with Gasteiger partial charge in [0.05, 0.1) is 18.8 Å². The Labute approximate surface area is 167 Å². The van der Waals surface area contributed by atoms with E-state index in [0.717, 1.165) is 6.07 Å². The van der Waals surface area contributed by atoms with E-state index in [1.165, 1.54) is 12.1 Å². The maximum absolute atomic E-state index is 14.0. The second-order valence-electron chi connectivity index (χ2n) is 7.68. The molecule has 0 unspecified atom stereocenters. The summed E-state index contributed by atoms with van der Waals surface area (Å²) in [5, 5.41) is 10.6. The molecular weight excluding hydrogens is 380 g/mol. The van der Waals surface area contributed by atoms with E-state index >= 15 is 0 Å². The smallest absolute Gasteiger partial charge is 0.256 e. The summed E-state index contributed by atoms with van der Waals surface area (Å²) >= 11 is 0. The fourth-order valence-corrected chi connectivity index (χ4v) is 4.40. The summed E-state index contributed by atoms with van der Waals surface area (Å²) in [6.45, 7) is 0.843. The lowest BCUT2D eigenvalue weighted by atomic mass is 9.78. The lowest BCUT2D eigenvalue weighted by molar-refractivity contribution is -0.0240. The van der Waals surface area contributed by atoms with Crippen LogP contribution in [-0.2, 0) is 0 Å². The van der Waals surface area contributed by atoms with Gasteiger partial charge in [-0.1, -0.05) is 18.2 Å². The molecule has 0 bridgehead atoms. The Bertz CT molecular complexity index is 906. The lowest BCUT2D eigenvalue weighted by Crippen LogP contribution is -2.42. The van der Waals surface area contributed by atoms with Crippen molar-refractivity contribution < 1.29 is 28.2 Å². The van der Waals surface area contributed by atoms with Crippen molar-refractivity contribution in [2.45, 2.75) is 25.0 Å². The van der Waals surface area contributed by atoms with Crippen LogP contribution in [0.25, 0.3) is 0 Å². The Kier molecular flexibility index (Phi) is 5.41. The molecule has 1 N–H and O–H groups in total. The van der Waals surface area contributed by atoms with Crippen molar-refractivity contribution in [2.75, 3.05) is 20.2 Å². The molecule has 2 aromatic rings. The molecular formula is C22H23F2NO4. The first kappa shape index (κ1) is 19.6. The second-order valence-corrected chi connectivity index (χ2v) is 7.68. The quantitative estimate of drug-likeness (QED) is 0.851. The van der Waals surface area contributed by atoms with Gasteiger partial charge in [-0.3, -0.25) is 4.79 Å². The highest BCUT2D eigenvalue weighted by atomic mass is 19.2. The standard InChI is InChI=1S/C22H23F2NO4/c1-28-18-7-2-3-8-19(18)29-20-10-14-12-25(11-13(14)9-17(20)26)22(27)15-5-4-6-16(23)21(15)24/h2-8,13-14,17,20,26H,9-12H2,1H3/t13-,14+,17+,20+/m0/s1. The molecule has 154 valence electrons. The van der Waals surface area contributed by atoms with Gasteiger partial charge in [-0.15, -0.1) is 0 Å². The topological polar surface area (TPSA) is 59.0 Å². The summed E-state index contributed by atoms with van der Waals surface area (Å²) in [7, 11) is 1.56. The van der Waals surface area contributed by atoms with Crippen LogP contribution in [-0.4, -0.2) is 48.3 Å². The molecule has 1 amide bonds. The molecule has 1 heterocycles. The number of carbonyl (C=O) groups excluding carboxylic acids is 1. The number of fused-ring (bicyclic) bond motifs is 1. The molecule has 0 radical (unpaired) electrons. The van der Waals surface area contributed by atoms with Gasteiger partial charge >= 0.3 is 0 Å². The van der Waals surface area contributed by atoms with Crippen LogP contribution in [0.2, 0.25) is 0 Å². The molecule has 5 nitrogen and oxygen atoms in total. The van der Waals surface area contributed by atoms with Crippen molar-refractivity contribution in [3.63, 3.8) is 0 Å². The molecule has 4 rings (SSSR count). The number of hydrogen-bond donors (Lipinski definition) is 1. The molecule has 1 aliphatic heterocycles. The van der Waals surface area contributed by atoms with Crippen molar-refractivity contribution in [1.82, 2.24) is 4.90 Å². The maximum atomic E-state index is 14.0. The number of halogens is 2. The zero-order chi connectivity index (χ0) is 20.5. The molecule has 2 aliphatic rings. The van der Waals surface area contributed by atoms with E-state index in [4.69, 9.17) is 9.47 Å². The number of aliphatic hydroxyl groups excluding tert-OH is 1. The molecule has 0 aromatic heterocycles. The van der Waals surface area contributed by atoms with Gasteiger partial charge in [-0.05, 0) is 48.9 Å². The van der Waals surface area contributed by atoms with E-state index in [1.54, 1.807) is 24.1 Å². The summed E-state index contributed by atoms with van der Waals surface area (Å²) < 4.78 is 38.8. The highest BCUT2D eigenvalue weighted by Crippen LogP contribution is 2.39. The van der Waals surface area contributed by atoms with Crippen LogP contribution >= 0.6 is 0 Å². The summed E-state index contributed by atoms with van der Waals surface area (Å²) in [6, 6.07) is 10.9. The van der Waals surface area contributed by atoms with Crippen molar-refractivity contribution in [3.8, 4) is 11.5 Å². The zero-order valence-corrected chi connectivity index (χ0v) is 16.1. The number of nitrogens with zero attached hydrogens (tertiary/aromatic N) is 1. The first-order chi connectivity index (χ1) is 14.0. The van der Waals surface area contributed by atoms with Crippen molar-refractivity contribution in [1.29, 1.82) is 0 Å². The molecule has 1 saturated carbocycles. The number of aliphatic hydroxyl groups is 1. The third-order valence-electron chi connectivity index (χ3n) is 5.90. The molecule has 0 spiro atoms. The summed E-state index contributed by atoms with van der Waals surface area (Å²) in [5.41, 5.74) is -0.258. The first-order valence-electron chi connectivity index (χ1n) is 9.69. The fourth-order valence-electron chi connectivity index (χ4n) is 4.40. The minimum absolute atomic E-state index is 0.100. The maximum Gasteiger partial charge on any atom is 0.256 e. The number of benzene rings is 2. The van der Waals surface area contributed by atoms with Gasteiger partial charge in [0.1, 0.15) is 6.10 Å². The Morgan fingerprint density at radius 2 is 1.72 bits per heavy atom. The van der Waals surface area contributed by atoms with Gasteiger partial charge in [0.2, 0.25) is 0 Å². The molecule has 2 fully saturated rings. The van der Waals surface area contributed by atoms with Crippen LogP contribution in [0.3, 0.4) is 0 Å². The number of hydrogen-bond acceptors (Lipinski definition) is 4. The van der Waals surface area contributed by atoms with Gasteiger partial charge < -0.3 is 19.5 Å². The molecule has 1 saturated heterocycles. The average Bonchev–Trinajstić information content (AvgIpc) is 3.13. The lowest BCUT2D eigenvalue weighted by Gasteiger charge is -2.35. The van der Waals surface area contributed by atoms with Crippen LogP contribution < -0.4 is 9.47 Å². The van der Waals surface area contributed by atoms with Crippen molar-refractivity contribution in [2.24, 2.45) is 11.8 Å². The summed E-state index contributed by atoms with van der Waals surface area (Å²) in [6.07, 6.45) is -0.0465. The van der Waals surface area contributed by atoms with Crippen LogP contribution in [0.4, 0.5) is 8.78 Å². The number of para-hydroxylation sites is 2. The highest BCUT2D eigenvalue weighted by Gasteiger charge is 2.44. The van der Waals surface area contributed by atoms with Gasteiger partial charge in [-0.25, -0.2) is 8.78 Å². The predicted octanol–water partition coefficient (Wildman–Crippen LogP) is 3.26. The minimum Gasteiger partial charge on any atom is -0.493 e. The second kappa shape index (κ2) is 7.99. The molecule has 4 atom stereocenters. The fraction of sp³-hybridized carbons (Fsp3) is 0.409. The van der Waals surface area contributed by atoms with Gasteiger partial charge in [0.15, 0.2) is 23.1 Å². The number of carbonyl (C=O) groups is 1. The van der Waals surface area contributed by atoms with Crippen LogP contribution in [0.5, 0.6) is 11.5 Å². The van der Waals surface area contributed by atoms with Gasteiger partial charge in [0, 0.05) is 13.1 Å². The SMILES string of the molecule is COc1ccccc1O[C@@H]1C[C@@H]2CN(C(=O)c3cccc(F)c3F)C[C@@H]2C[C@H]1O. The molecule has 2 aromatic carbocycles. The third-order valence-corrected chi connectivity index (χ3v) is 5.90. The normalized spacial score (nSPS) is 26.1. The minimum atomic E-state index is -1.12. The van der Waals surface area contributed by atoms with E-state index in [-0.39, 0.29) is 17.4 Å². The average molecular weight is 403 g/mol. The van der Waals surface area contributed by atoms with Crippen LogP contribution in [0.1, 0.15) is 23.2 Å². The number of rotatable bonds is 4. The predicted molar refractivity (Wildman–Crippen MR) is 102 cm³/mol. The highest BCUT2D eigenvalue weighted by molar-refractivity contribution is 5.94. The number of methoxy groups -OCH3 is 1. The Morgan fingerprint density at radius 3 is 2.45 bits per heavy atom. The monoisotopic (exact) mass is 403 g/mol. The molecule has 29 heavy (non-hydrogen) atoms. The number of ether oxygens (including phenoxy) is 2. The van der Waals surface area contributed by atoms with Gasteiger partial charge in [-0.2, -0.15) is 0 Å². The van der Waals surface area contributed by atoms with E-state index in [0.29, 0.717) is 37.4 Å². The largest absolute Gasteiger partial charge is 0.493 e. The van der Waals surface area contributed by atoms with Gasteiger partial charge in [0.25, 0.3) is 5.91 Å². The molecule has 1 aliphatic carbocycles. The Balaban J connectivity index is 1.46. The van der Waals surface area contributed by atoms with E-state index in [9.17, 15) is 18.7 Å². The zero-order valence-electron chi connectivity index (χ0n) is 16.1. The van der Waals surface area contributed by atoms with Crippen LogP contribution in [0, 0.1) is 23.5 Å². The Morgan fingerprint density at radius 1 is 1.03 bits per heavy atom. The summed E-state index contributed by atoms with van der Waals surface area (Å²) in [5.74, 6) is -1.30. The van der Waals surface area contributed by atoms with E-state index in [2.05, 4.69) is 0 Å². The molecule has 7 heteroatoms. The van der Waals surface area contributed by atoms with E-state index in [1.807, 2.05) is 12.1 Å². The number of likely N-dealkylation sites (tertiary alicyclic amines) is 1. The third kappa shape index (κ3) is 3.79. The van der Waals surface area contributed by atoms with Crippen molar-refractivity contribution in [3.05, 3.63) is 59.7 Å². The number of amides is 1. The van der Waals surface area contributed by atoms with Crippen LogP contribution in [0.15, 0.2) is 42.5 Å².